The predicted molar refractivity (Wildman–Crippen MR) is 129 cm³/mol. The van der Waals surface area contributed by atoms with Gasteiger partial charge in [-0.15, -0.1) is 0 Å². The average Bonchev–Trinajstić information content (AvgIpc) is 3.61. The number of amides is 2. The number of ether oxygens (including phenoxy) is 1. The molecule has 0 radical (unpaired) electrons. The highest BCUT2D eigenvalue weighted by molar-refractivity contribution is 5.95. The average molecular weight is 477 g/mol. The molecule has 0 atom stereocenters. The van der Waals surface area contributed by atoms with Gasteiger partial charge in [-0.1, -0.05) is 0 Å². The molecule has 0 unspecified atom stereocenters. The molecule has 0 spiro atoms. The molecular formula is C24H28N8O3. The number of aromatic nitrogens is 6. The number of carbonyl (C=O) groups is 2. The minimum Gasteiger partial charge on any atom is -0.452 e. The van der Waals surface area contributed by atoms with E-state index in [1.54, 1.807) is 22.0 Å². The molecule has 11 nitrogen and oxygen atoms in total. The number of rotatable bonds is 7. The summed E-state index contributed by atoms with van der Waals surface area (Å²) in [4.78, 5) is 31.9. The van der Waals surface area contributed by atoms with E-state index in [1.807, 2.05) is 46.9 Å². The molecule has 4 aromatic rings. The van der Waals surface area contributed by atoms with Gasteiger partial charge in [0.05, 0.1) is 30.0 Å². The number of nitrogens with one attached hydrogen (secondary N) is 1. The first kappa shape index (κ1) is 22.6. The molecule has 1 N–H and O–H groups in total. The van der Waals surface area contributed by atoms with Crippen LogP contribution in [-0.2, 0) is 49.1 Å². The number of fused-ring (bicyclic) bond motifs is 3. The normalized spacial score (nSPS) is 13.1. The second kappa shape index (κ2) is 9.61. The summed E-state index contributed by atoms with van der Waals surface area (Å²) in [7, 11) is 3.23. The monoisotopic (exact) mass is 476 g/mol. The molecule has 3 aromatic heterocycles. The fourth-order valence-corrected chi connectivity index (χ4v) is 4.60. The van der Waals surface area contributed by atoms with E-state index in [1.165, 1.54) is 7.11 Å². The van der Waals surface area contributed by atoms with Crippen LogP contribution in [0.2, 0.25) is 0 Å². The van der Waals surface area contributed by atoms with Gasteiger partial charge in [-0.2, -0.15) is 10.2 Å². The maximum atomic E-state index is 12.9. The first-order valence-electron chi connectivity index (χ1n) is 11.6. The molecule has 0 bridgehead atoms. The summed E-state index contributed by atoms with van der Waals surface area (Å²) >= 11 is 0. The molecule has 0 aliphatic carbocycles. The predicted octanol–water partition coefficient (Wildman–Crippen LogP) is 2.04. The number of methoxy groups -OCH3 is 1. The lowest BCUT2D eigenvalue weighted by atomic mass is 10.0. The number of carbonyl (C=O) groups excluding carboxylic acids is 2. The largest absolute Gasteiger partial charge is 0.452 e. The van der Waals surface area contributed by atoms with Gasteiger partial charge in [0.15, 0.2) is 0 Å². The maximum Gasteiger partial charge on any atom is 0.414 e. The summed E-state index contributed by atoms with van der Waals surface area (Å²) in [5, 5.41) is 11.4. The van der Waals surface area contributed by atoms with Gasteiger partial charge >= 0.3 is 6.09 Å². The van der Waals surface area contributed by atoms with Crippen molar-refractivity contribution in [3.8, 4) is 0 Å². The van der Waals surface area contributed by atoms with E-state index < -0.39 is 0 Å². The fraction of sp³-hybridized carbons (Fsp3) is 0.375. The summed E-state index contributed by atoms with van der Waals surface area (Å²) in [5.74, 6) is 0.693. The Hall–Kier alpha value is -4.15. The molecule has 35 heavy (non-hydrogen) atoms. The lowest BCUT2D eigenvalue weighted by molar-refractivity contribution is -0.121. The van der Waals surface area contributed by atoms with E-state index in [0.717, 1.165) is 46.5 Å². The minimum atomic E-state index is -0.376. The number of imidazole rings is 1. The molecule has 5 rings (SSSR count). The molecule has 0 saturated carbocycles. The summed E-state index contributed by atoms with van der Waals surface area (Å²) in [6.07, 6.45) is 9.13. The quantitative estimate of drug-likeness (QED) is 0.437. The van der Waals surface area contributed by atoms with Crippen molar-refractivity contribution in [1.29, 1.82) is 0 Å². The summed E-state index contributed by atoms with van der Waals surface area (Å²) in [5.41, 5.74) is 4.47. The minimum absolute atomic E-state index is 0.109. The van der Waals surface area contributed by atoms with Gasteiger partial charge in [-0.3, -0.25) is 19.1 Å². The van der Waals surface area contributed by atoms with Crippen molar-refractivity contribution >= 4 is 28.7 Å². The summed E-state index contributed by atoms with van der Waals surface area (Å²) in [6.45, 7) is 1.80. The molecule has 2 amide bonds. The third-order valence-electron chi connectivity index (χ3n) is 6.25. The van der Waals surface area contributed by atoms with Crippen LogP contribution in [0.3, 0.4) is 0 Å². The topological polar surface area (TPSA) is 112 Å². The van der Waals surface area contributed by atoms with Crippen molar-refractivity contribution in [3.63, 3.8) is 0 Å². The zero-order valence-corrected chi connectivity index (χ0v) is 19.8. The standard InChI is InChI=1S/C24H28N8O3/c1-29-15-17(14-27-29)13-25-22(33)16-32-20-7-6-19-18(5-3-11-31(19)24(34)35-2)23(20)28-21(32)8-12-30-10-4-9-26-30/h4,6-7,9-10,14-15H,3,5,8,11-13,16H2,1-2H3,(H,25,33). The molecular weight excluding hydrogens is 448 g/mol. The highest BCUT2D eigenvalue weighted by Gasteiger charge is 2.27. The smallest absolute Gasteiger partial charge is 0.414 e. The molecule has 1 aliphatic heterocycles. The number of anilines is 1. The van der Waals surface area contributed by atoms with Crippen molar-refractivity contribution in [2.75, 3.05) is 18.6 Å². The first-order chi connectivity index (χ1) is 17.0. The Labute approximate surface area is 202 Å². The van der Waals surface area contributed by atoms with Crippen LogP contribution >= 0.6 is 0 Å². The van der Waals surface area contributed by atoms with Crippen LogP contribution in [0.1, 0.15) is 23.4 Å². The van der Waals surface area contributed by atoms with Crippen LogP contribution in [0.5, 0.6) is 0 Å². The van der Waals surface area contributed by atoms with E-state index in [2.05, 4.69) is 15.5 Å². The Balaban J connectivity index is 1.46. The van der Waals surface area contributed by atoms with Crippen LogP contribution in [0, 0.1) is 0 Å². The zero-order chi connectivity index (χ0) is 24.4. The van der Waals surface area contributed by atoms with Gasteiger partial charge < -0.3 is 14.6 Å². The zero-order valence-electron chi connectivity index (χ0n) is 19.8. The Kier molecular flexibility index (Phi) is 6.21. The second-order valence-corrected chi connectivity index (χ2v) is 8.59. The van der Waals surface area contributed by atoms with E-state index in [9.17, 15) is 9.59 Å². The number of hydrogen-bond donors (Lipinski definition) is 1. The van der Waals surface area contributed by atoms with Crippen LogP contribution in [0.15, 0.2) is 43.0 Å². The Bertz CT molecular complexity index is 1350. The van der Waals surface area contributed by atoms with Crippen molar-refractivity contribution in [1.82, 2.24) is 34.4 Å². The molecule has 1 aliphatic rings. The van der Waals surface area contributed by atoms with Gasteiger partial charge in [0.2, 0.25) is 5.91 Å². The Morgan fingerprint density at radius 1 is 1.23 bits per heavy atom. The summed E-state index contributed by atoms with van der Waals surface area (Å²) in [6, 6.07) is 5.75. The third-order valence-corrected chi connectivity index (χ3v) is 6.25. The van der Waals surface area contributed by atoms with Crippen LogP contribution < -0.4 is 10.2 Å². The number of aryl methyl sites for hydroxylation is 4. The molecule has 11 heteroatoms. The molecule has 182 valence electrons. The van der Waals surface area contributed by atoms with Gasteiger partial charge in [0.25, 0.3) is 0 Å². The van der Waals surface area contributed by atoms with Crippen molar-refractivity contribution in [2.24, 2.45) is 7.05 Å². The van der Waals surface area contributed by atoms with Gasteiger partial charge in [0, 0.05) is 62.8 Å². The molecule has 4 heterocycles. The lowest BCUT2D eigenvalue weighted by Gasteiger charge is -2.28. The number of benzene rings is 1. The van der Waals surface area contributed by atoms with Crippen molar-refractivity contribution in [2.45, 2.75) is 38.9 Å². The molecule has 0 fully saturated rings. The van der Waals surface area contributed by atoms with Crippen molar-refractivity contribution in [3.05, 3.63) is 59.9 Å². The van der Waals surface area contributed by atoms with Gasteiger partial charge in [-0.25, -0.2) is 9.78 Å². The van der Waals surface area contributed by atoms with E-state index in [4.69, 9.17) is 9.72 Å². The second-order valence-electron chi connectivity index (χ2n) is 8.59. The van der Waals surface area contributed by atoms with Gasteiger partial charge in [-0.05, 0) is 31.0 Å². The van der Waals surface area contributed by atoms with Gasteiger partial charge in [0.1, 0.15) is 12.4 Å². The lowest BCUT2D eigenvalue weighted by Crippen LogP contribution is -2.35. The number of nitrogens with zero attached hydrogens (tertiary/aromatic N) is 7. The van der Waals surface area contributed by atoms with Crippen LogP contribution in [-0.4, -0.2) is 54.8 Å². The van der Waals surface area contributed by atoms with Crippen LogP contribution in [0.4, 0.5) is 10.5 Å². The highest BCUT2D eigenvalue weighted by Crippen LogP contribution is 2.34. The van der Waals surface area contributed by atoms with E-state index in [-0.39, 0.29) is 18.5 Å². The fourth-order valence-electron chi connectivity index (χ4n) is 4.60. The molecule has 1 aromatic carbocycles. The summed E-state index contributed by atoms with van der Waals surface area (Å²) < 4.78 is 10.5. The Morgan fingerprint density at radius 3 is 2.86 bits per heavy atom. The third kappa shape index (κ3) is 4.61. The molecule has 0 saturated heterocycles. The van der Waals surface area contributed by atoms with Crippen molar-refractivity contribution < 1.29 is 14.3 Å². The first-order valence-corrected chi connectivity index (χ1v) is 11.6. The van der Waals surface area contributed by atoms with E-state index in [0.29, 0.717) is 26.1 Å². The Morgan fingerprint density at radius 2 is 2.11 bits per heavy atom. The highest BCUT2D eigenvalue weighted by atomic mass is 16.5. The maximum absolute atomic E-state index is 12.9. The van der Waals surface area contributed by atoms with E-state index >= 15 is 0 Å². The number of hydrogen-bond acceptors (Lipinski definition) is 6. The van der Waals surface area contributed by atoms with Crippen LogP contribution in [0.25, 0.3) is 11.0 Å². The SMILES string of the molecule is COC(=O)N1CCCc2c1ccc1c2nc(CCn2cccn2)n1CC(=O)NCc1cnn(C)c1.